The molecular weight excluding hydrogens is 243 g/mol. The molecule has 0 radical (unpaired) electrons. The summed E-state index contributed by atoms with van der Waals surface area (Å²) in [4.78, 5) is 1.22. The SMILES string of the molecule is CCNP(=S)(NCC)Sc1ccccc1. The predicted octanol–water partition coefficient (Wildman–Crippen LogP) is 3.22. The summed E-state index contributed by atoms with van der Waals surface area (Å²) < 4.78 is 0. The Bertz CT molecular complexity index is 319. The van der Waals surface area contributed by atoms with Gasteiger partial charge in [0.15, 0.2) is 0 Å². The van der Waals surface area contributed by atoms with Crippen molar-refractivity contribution in [3.8, 4) is 0 Å². The maximum atomic E-state index is 5.63. The fourth-order valence-electron chi connectivity index (χ4n) is 1.17. The zero-order valence-electron chi connectivity index (χ0n) is 9.06. The highest BCUT2D eigenvalue weighted by Gasteiger charge is 2.15. The van der Waals surface area contributed by atoms with Crippen LogP contribution in [0.1, 0.15) is 13.8 Å². The molecule has 0 amide bonds. The largest absolute Gasteiger partial charge is 0.269 e. The Hall–Kier alpha value is 0.140. The van der Waals surface area contributed by atoms with Crippen LogP contribution < -0.4 is 10.2 Å². The summed E-state index contributed by atoms with van der Waals surface area (Å²) in [5.74, 6) is 0. The van der Waals surface area contributed by atoms with Gasteiger partial charge in [0.2, 0.25) is 0 Å². The Kier molecular flexibility index (Phi) is 5.87. The quantitative estimate of drug-likeness (QED) is 0.767. The van der Waals surface area contributed by atoms with Gasteiger partial charge in [-0.1, -0.05) is 55.2 Å². The number of hydrogen-bond acceptors (Lipinski definition) is 2. The highest BCUT2D eigenvalue weighted by molar-refractivity contribution is 8.69. The predicted molar refractivity (Wildman–Crippen MR) is 73.9 cm³/mol. The zero-order chi connectivity index (χ0) is 11.1. The molecule has 0 heterocycles. The van der Waals surface area contributed by atoms with Crippen LogP contribution in [0.25, 0.3) is 0 Å². The third kappa shape index (κ3) is 4.66. The summed E-state index contributed by atoms with van der Waals surface area (Å²) in [6.07, 6.45) is 0. The van der Waals surface area contributed by atoms with Gasteiger partial charge in [-0.05, 0) is 25.2 Å². The molecule has 84 valence electrons. The molecule has 1 aromatic rings. The second-order valence-electron chi connectivity index (χ2n) is 2.98. The Morgan fingerprint density at radius 2 is 1.67 bits per heavy atom. The van der Waals surface area contributed by atoms with E-state index in [4.69, 9.17) is 11.8 Å². The second-order valence-corrected chi connectivity index (χ2v) is 9.90. The molecular formula is C10H17N2PS2. The molecule has 0 aliphatic carbocycles. The zero-order valence-corrected chi connectivity index (χ0v) is 11.6. The van der Waals surface area contributed by atoms with Gasteiger partial charge in [0.05, 0.1) is 0 Å². The number of benzene rings is 1. The van der Waals surface area contributed by atoms with Gasteiger partial charge in [-0.25, -0.2) is 0 Å². The molecule has 0 bridgehead atoms. The number of rotatable bonds is 6. The summed E-state index contributed by atoms with van der Waals surface area (Å²) in [6.45, 7) is 5.99. The fraction of sp³-hybridized carbons (Fsp3) is 0.400. The molecule has 15 heavy (non-hydrogen) atoms. The fourth-order valence-corrected chi connectivity index (χ4v) is 6.78. The van der Waals surface area contributed by atoms with Crippen LogP contribution in [0.4, 0.5) is 0 Å². The number of hydrogen-bond donors (Lipinski definition) is 2. The van der Waals surface area contributed by atoms with E-state index >= 15 is 0 Å². The highest BCUT2D eigenvalue weighted by atomic mass is 32.9. The molecule has 0 saturated heterocycles. The average molecular weight is 260 g/mol. The van der Waals surface area contributed by atoms with Crippen molar-refractivity contribution in [2.45, 2.75) is 18.7 Å². The van der Waals surface area contributed by atoms with E-state index in [0.717, 1.165) is 13.1 Å². The molecule has 0 unspecified atom stereocenters. The van der Waals surface area contributed by atoms with E-state index < -0.39 is 5.54 Å². The summed E-state index contributed by atoms with van der Waals surface area (Å²) >= 11 is 7.38. The van der Waals surface area contributed by atoms with Gasteiger partial charge in [-0.3, -0.25) is 10.2 Å². The summed E-state index contributed by atoms with van der Waals surface area (Å²) in [5, 5.41) is 6.77. The van der Waals surface area contributed by atoms with Crippen LogP contribution in [0.15, 0.2) is 35.2 Å². The Labute approximate surface area is 101 Å². The average Bonchev–Trinajstić information content (AvgIpc) is 2.19. The van der Waals surface area contributed by atoms with E-state index in [-0.39, 0.29) is 0 Å². The highest BCUT2D eigenvalue weighted by Crippen LogP contribution is 2.54. The molecule has 1 rings (SSSR count). The summed E-state index contributed by atoms with van der Waals surface area (Å²) in [7, 11) is 0. The van der Waals surface area contributed by atoms with E-state index in [1.54, 1.807) is 11.4 Å². The molecule has 1 aromatic carbocycles. The normalized spacial score (nSPS) is 11.6. The van der Waals surface area contributed by atoms with Gasteiger partial charge in [0, 0.05) is 4.90 Å². The summed E-state index contributed by atoms with van der Waals surface area (Å²) in [5.41, 5.74) is -1.69. The first-order valence-corrected chi connectivity index (χ1v) is 9.27. The second kappa shape index (κ2) is 6.66. The molecule has 0 saturated carbocycles. The van der Waals surface area contributed by atoms with E-state index in [0.29, 0.717) is 0 Å². The minimum Gasteiger partial charge on any atom is -0.269 e. The van der Waals surface area contributed by atoms with Crippen molar-refractivity contribution in [3.63, 3.8) is 0 Å². The van der Waals surface area contributed by atoms with Crippen molar-refractivity contribution in [1.82, 2.24) is 10.2 Å². The van der Waals surface area contributed by atoms with Crippen LogP contribution in [0, 0.1) is 0 Å². The van der Waals surface area contributed by atoms with Crippen molar-refractivity contribution >= 4 is 28.7 Å². The van der Waals surface area contributed by atoms with Gasteiger partial charge in [0.1, 0.15) is 5.54 Å². The van der Waals surface area contributed by atoms with Crippen LogP contribution in [0.3, 0.4) is 0 Å². The van der Waals surface area contributed by atoms with Crippen molar-refractivity contribution in [2.24, 2.45) is 0 Å². The van der Waals surface area contributed by atoms with Gasteiger partial charge < -0.3 is 0 Å². The van der Waals surface area contributed by atoms with Crippen molar-refractivity contribution in [2.75, 3.05) is 13.1 Å². The monoisotopic (exact) mass is 260 g/mol. The van der Waals surface area contributed by atoms with Crippen LogP contribution in [0.5, 0.6) is 0 Å². The van der Waals surface area contributed by atoms with Gasteiger partial charge in [-0.2, -0.15) is 0 Å². The van der Waals surface area contributed by atoms with E-state index in [1.807, 2.05) is 18.2 Å². The molecule has 0 spiro atoms. The third-order valence-electron chi connectivity index (χ3n) is 1.71. The Balaban J connectivity index is 2.71. The maximum Gasteiger partial charge on any atom is 0.132 e. The van der Waals surface area contributed by atoms with Gasteiger partial charge >= 0.3 is 0 Å². The maximum absolute atomic E-state index is 5.63. The molecule has 0 atom stereocenters. The van der Waals surface area contributed by atoms with E-state index in [1.165, 1.54) is 4.90 Å². The third-order valence-corrected chi connectivity index (χ3v) is 7.54. The summed E-state index contributed by atoms with van der Waals surface area (Å²) in [6, 6.07) is 10.3. The lowest BCUT2D eigenvalue weighted by molar-refractivity contribution is 0.956. The lowest BCUT2D eigenvalue weighted by atomic mass is 10.4. The van der Waals surface area contributed by atoms with Crippen molar-refractivity contribution in [1.29, 1.82) is 0 Å². The first-order chi connectivity index (χ1) is 7.20. The standard InChI is InChI=1S/C10H17N2PS2/c1-3-11-13(14,12-4-2)15-10-8-6-5-7-9-10/h5-9H,3-4H2,1-2H3,(H2,11,12,14). The molecule has 0 fully saturated rings. The van der Waals surface area contributed by atoms with E-state index in [2.05, 4.69) is 36.2 Å². The molecule has 0 aromatic heterocycles. The van der Waals surface area contributed by atoms with Gasteiger partial charge in [-0.15, -0.1) is 0 Å². The Morgan fingerprint density at radius 1 is 1.13 bits per heavy atom. The molecule has 0 aliphatic heterocycles. The van der Waals surface area contributed by atoms with Crippen molar-refractivity contribution < 1.29 is 0 Å². The number of nitrogens with one attached hydrogen (secondary N) is 2. The molecule has 2 N–H and O–H groups in total. The topological polar surface area (TPSA) is 24.1 Å². The van der Waals surface area contributed by atoms with Crippen LogP contribution in [0.2, 0.25) is 0 Å². The lowest BCUT2D eigenvalue weighted by Gasteiger charge is -2.22. The Morgan fingerprint density at radius 3 is 2.13 bits per heavy atom. The lowest BCUT2D eigenvalue weighted by Crippen LogP contribution is -2.19. The minimum absolute atomic E-state index is 0.907. The minimum atomic E-state index is -1.69. The smallest absolute Gasteiger partial charge is 0.132 e. The van der Waals surface area contributed by atoms with Crippen LogP contribution >= 0.6 is 16.9 Å². The molecule has 5 heteroatoms. The first-order valence-electron chi connectivity index (χ1n) is 5.05. The molecule has 0 aliphatic rings. The van der Waals surface area contributed by atoms with Crippen LogP contribution in [-0.2, 0) is 11.8 Å². The van der Waals surface area contributed by atoms with E-state index in [9.17, 15) is 0 Å². The molecule has 2 nitrogen and oxygen atoms in total. The van der Waals surface area contributed by atoms with Gasteiger partial charge in [0.25, 0.3) is 0 Å². The van der Waals surface area contributed by atoms with Crippen LogP contribution in [-0.4, -0.2) is 13.1 Å². The first kappa shape index (κ1) is 13.2. The van der Waals surface area contributed by atoms with Crippen molar-refractivity contribution in [3.05, 3.63) is 30.3 Å².